The van der Waals surface area contributed by atoms with Gasteiger partial charge in [-0.05, 0) is 50.6 Å². The van der Waals surface area contributed by atoms with Gasteiger partial charge in [0, 0.05) is 36.4 Å². The molecule has 0 fully saturated rings. The fourth-order valence-corrected chi connectivity index (χ4v) is 3.44. The lowest BCUT2D eigenvalue weighted by Crippen LogP contribution is -2.20. The molecule has 0 aliphatic heterocycles. The molecule has 2 amide bonds. The van der Waals surface area contributed by atoms with Crippen LogP contribution in [-0.2, 0) is 7.05 Å². The molecule has 0 atom stereocenters. The number of amides is 2. The Morgan fingerprint density at radius 1 is 1.06 bits per heavy atom. The molecule has 0 unspecified atom stereocenters. The standard InChI is InChI=1S/C24H26N8O2/c1-14-6-7-18(27-24(33)30-22-15(2)31-32(4)16(22)3)11-21(14)29-23-26-9-8-20(28-23)17-10-19(34-5)13-25-12-17/h6-13H,1-5H3,(H,26,28,29)(H2,27,30,33). The van der Waals surface area contributed by atoms with Gasteiger partial charge in [0.1, 0.15) is 5.75 Å². The number of rotatable bonds is 6. The Kier molecular flexibility index (Phi) is 6.39. The zero-order valence-corrected chi connectivity index (χ0v) is 19.7. The summed E-state index contributed by atoms with van der Waals surface area (Å²) in [5.74, 6) is 1.07. The highest BCUT2D eigenvalue weighted by atomic mass is 16.5. The van der Waals surface area contributed by atoms with E-state index in [-0.39, 0.29) is 6.03 Å². The van der Waals surface area contributed by atoms with Crippen molar-refractivity contribution in [2.45, 2.75) is 20.8 Å². The Balaban J connectivity index is 1.51. The van der Waals surface area contributed by atoms with Crippen molar-refractivity contribution in [2.75, 3.05) is 23.1 Å². The number of aryl methyl sites for hydroxylation is 3. The average Bonchev–Trinajstić information content (AvgIpc) is 3.07. The summed E-state index contributed by atoms with van der Waals surface area (Å²) in [4.78, 5) is 25.7. The third-order valence-corrected chi connectivity index (χ3v) is 5.39. The van der Waals surface area contributed by atoms with Crippen LogP contribution in [0, 0.1) is 20.8 Å². The van der Waals surface area contributed by atoms with Gasteiger partial charge in [0.05, 0.1) is 36.1 Å². The number of anilines is 4. The maximum absolute atomic E-state index is 12.6. The van der Waals surface area contributed by atoms with Gasteiger partial charge >= 0.3 is 6.03 Å². The van der Waals surface area contributed by atoms with Crippen LogP contribution >= 0.6 is 0 Å². The van der Waals surface area contributed by atoms with Crippen molar-refractivity contribution in [2.24, 2.45) is 7.05 Å². The van der Waals surface area contributed by atoms with Gasteiger partial charge in [-0.25, -0.2) is 14.8 Å². The van der Waals surface area contributed by atoms with Gasteiger partial charge in [-0.3, -0.25) is 9.67 Å². The fourth-order valence-electron chi connectivity index (χ4n) is 3.44. The van der Waals surface area contributed by atoms with Gasteiger partial charge in [-0.2, -0.15) is 5.10 Å². The molecule has 4 aromatic rings. The molecule has 10 nitrogen and oxygen atoms in total. The first-order valence-corrected chi connectivity index (χ1v) is 10.6. The summed E-state index contributed by atoms with van der Waals surface area (Å²) in [7, 11) is 3.43. The summed E-state index contributed by atoms with van der Waals surface area (Å²) >= 11 is 0. The van der Waals surface area contributed by atoms with Crippen LogP contribution in [0.1, 0.15) is 17.0 Å². The normalized spacial score (nSPS) is 10.6. The van der Waals surface area contributed by atoms with Crippen LogP contribution in [0.4, 0.5) is 27.8 Å². The van der Waals surface area contributed by atoms with Crippen LogP contribution < -0.4 is 20.7 Å². The molecule has 3 heterocycles. The lowest BCUT2D eigenvalue weighted by atomic mass is 10.2. The number of ether oxygens (including phenoxy) is 1. The summed E-state index contributed by atoms with van der Waals surface area (Å²) in [6.45, 7) is 5.72. The molecule has 0 spiro atoms. The van der Waals surface area contributed by atoms with Crippen molar-refractivity contribution >= 4 is 29.0 Å². The predicted molar refractivity (Wildman–Crippen MR) is 132 cm³/mol. The Bertz CT molecular complexity index is 1350. The lowest BCUT2D eigenvalue weighted by Gasteiger charge is -2.13. The second-order valence-electron chi connectivity index (χ2n) is 7.78. The van der Waals surface area contributed by atoms with Gasteiger partial charge in [0.15, 0.2) is 0 Å². The van der Waals surface area contributed by atoms with E-state index in [0.29, 0.717) is 28.8 Å². The Labute approximate surface area is 197 Å². The molecule has 4 rings (SSSR count). The van der Waals surface area contributed by atoms with E-state index < -0.39 is 0 Å². The average molecular weight is 459 g/mol. The number of nitrogens with zero attached hydrogens (tertiary/aromatic N) is 5. The zero-order chi connectivity index (χ0) is 24.2. The minimum Gasteiger partial charge on any atom is -0.495 e. The van der Waals surface area contributed by atoms with Gasteiger partial charge in [-0.15, -0.1) is 0 Å². The molecule has 3 aromatic heterocycles. The molecule has 1 aromatic carbocycles. The van der Waals surface area contributed by atoms with E-state index >= 15 is 0 Å². The molecule has 174 valence electrons. The highest BCUT2D eigenvalue weighted by Crippen LogP contribution is 2.26. The number of methoxy groups -OCH3 is 1. The van der Waals surface area contributed by atoms with E-state index in [9.17, 15) is 4.79 Å². The molecule has 0 aliphatic carbocycles. The maximum Gasteiger partial charge on any atom is 0.323 e. The van der Waals surface area contributed by atoms with Crippen LogP contribution in [-0.4, -0.2) is 37.9 Å². The number of hydrogen-bond donors (Lipinski definition) is 3. The van der Waals surface area contributed by atoms with Crippen molar-refractivity contribution in [1.29, 1.82) is 0 Å². The lowest BCUT2D eigenvalue weighted by molar-refractivity contribution is 0.262. The van der Waals surface area contributed by atoms with Crippen molar-refractivity contribution in [3.05, 3.63) is 65.9 Å². The Hall–Kier alpha value is -4.47. The van der Waals surface area contributed by atoms with Crippen molar-refractivity contribution in [3.8, 4) is 17.0 Å². The number of urea groups is 1. The van der Waals surface area contributed by atoms with E-state index in [1.807, 2.05) is 52.1 Å². The second-order valence-corrected chi connectivity index (χ2v) is 7.78. The van der Waals surface area contributed by atoms with Crippen molar-refractivity contribution in [3.63, 3.8) is 0 Å². The Morgan fingerprint density at radius 2 is 1.88 bits per heavy atom. The summed E-state index contributed by atoms with van der Waals surface area (Å²) in [6, 6.07) is 8.90. The minimum absolute atomic E-state index is 0.349. The fraction of sp³-hybridized carbons (Fsp3) is 0.208. The molecule has 0 saturated heterocycles. The maximum atomic E-state index is 12.6. The quantitative estimate of drug-likeness (QED) is 0.386. The predicted octanol–water partition coefficient (Wildman–Crippen LogP) is 4.59. The summed E-state index contributed by atoms with van der Waals surface area (Å²) < 4.78 is 6.98. The summed E-state index contributed by atoms with van der Waals surface area (Å²) in [6.07, 6.45) is 5.03. The molecule has 0 aliphatic rings. The third kappa shape index (κ3) is 4.96. The number of hydrogen-bond acceptors (Lipinski definition) is 7. The van der Waals surface area contributed by atoms with Gasteiger partial charge in [0.2, 0.25) is 5.95 Å². The molecule has 0 radical (unpaired) electrons. The van der Waals surface area contributed by atoms with Crippen LogP contribution in [0.5, 0.6) is 5.75 Å². The van der Waals surface area contributed by atoms with Crippen LogP contribution in [0.15, 0.2) is 48.9 Å². The largest absolute Gasteiger partial charge is 0.495 e. The summed E-state index contributed by atoms with van der Waals surface area (Å²) in [5.41, 5.74) is 6.22. The molecular weight excluding hydrogens is 432 g/mol. The van der Waals surface area contributed by atoms with E-state index in [1.165, 1.54) is 0 Å². The number of aromatic nitrogens is 5. The highest BCUT2D eigenvalue weighted by molar-refractivity contribution is 6.00. The van der Waals surface area contributed by atoms with Gasteiger partial charge < -0.3 is 20.7 Å². The first-order chi connectivity index (χ1) is 16.3. The van der Waals surface area contributed by atoms with Crippen molar-refractivity contribution < 1.29 is 9.53 Å². The highest BCUT2D eigenvalue weighted by Gasteiger charge is 2.13. The van der Waals surface area contributed by atoms with E-state index in [2.05, 4.69) is 36.0 Å². The first kappa shape index (κ1) is 22.7. The number of carbonyl (C=O) groups is 1. The smallest absolute Gasteiger partial charge is 0.323 e. The van der Waals surface area contributed by atoms with Crippen LogP contribution in [0.2, 0.25) is 0 Å². The molecule has 10 heteroatoms. The topological polar surface area (TPSA) is 119 Å². The van der Waals surface area contributed by atoms with Crippen LogP contribution in [0.3, 0.4) is 0 Å². The number of nitrogens with one attached hydrogen (secondary N) is 3. The second kappa shape index (κ2) is 9.57. The molecule has 0 bridgehead atoms. The minimum atomic E-state index is -0.349. The van der Waals surface area contributed by atoms with Gasteiger partial charge in [-0.1, -0.05) is 6.07 Å². The molecular formula is C24H26N8O2. The summed E-state index contributed by atoms with van der Waals surface area (Å²) in [5, 5.41) is 13.3. The van der Waals surface area contributed by atoms with E-state index in [1.54, 1.807) is 36.4 Å². The molecule has 0 saturated carbocycles. The zero-order valence-electron chi connectivity index (χ0n) is 19.7. The van der Waals surface area contributed by atoms with Crippen LogP contribution in [0.25, 0.3) is 11.3 Å². The van der Waals surface area contributed by atoms with E-state index in [0.717, 1.165) is 28.2 Å². The molecule has 34 heavy (non-hydrogen) atoms. The molecule has 3 N–H and O–H groups in total. The number of pyridine rings is 1. The van der Waals surface area contributed by atoms with Gasteiger partial charge in [0.25, 0.3) is 0 Å². The third-order valence-electron chi connectivity index (χ3n) is 5.39. The van der Waals surface area contributed by atoms with E-state index in [4.69, 9.17) is 4.74 Å². The number of carbonyl (C=O) groups excluding carboxylic acids is 1. The monoisotopic (exact) mass is 458 g/mol. The SMILES string of the molecule is COc1cncc(-c2ccnc(Nc3cc(NC(=O)Nc4c(C)nn(C)c4C)ccc3C)n2)c1. The van der Waals surface area contributed by atoms with Crippen molar-refractivity contribution in [1.82, 2.24) is 24.7 Å². The number of benzene rings is 1. The first-order valence-electron chi connectivity index (χ1n) is 10.6. The Morgan fingerprint density at radius 3 is 2.62 bits per heavy atom.